The Kier molecular flexibility index (Phi) is 5.14. The smallest absolute Gasteiger partial charge is 0.264 e. The number of nitrogens with zero attached hydrogens (tertiary/aromatic N) is 1. The van der Waals surface area contributed by atoms with Gasteiger partial charge in [-0.1, -0.05) is 0 Å². The van der Waals surface area contributed by atoms with Gasteiger partial charge in [-0.3, -0.25) is 9.59 Å². The molecule has 0 saturated carbocycles. The maximum Gasteiger partial charge on any atom is 0.264 e. The summed E-state index contributed by atoms with van der Waals surface area (Å²) >= 11 is 1.31. The Morgan fingerprint density at radius 3 is 3.00 bits per heavy atom. The van der Waals surface area contributed by atoms with E-state index in [2.05, 4.69) is 5.32 Å². The van der Waals surface area contributed by atoms with E-state index >= 15 is 0 Å². The van der Waals surface area contributed by atoms with E-state index in [9.17, 15) is 9.59 Å². The van der Waals surface area contributed by atoms with Crippen LogP contribution in [0.2, 0.25) is 0 Å². The van der Waals surface area contributed by atoms with Gasteiger partial charge in [-0.25, -0.2) is 0 Å². The van der Waals surface area contributed by atoms with E-state index in [-0.39, 0.29) is 24.5 Å². The highest BCUT2D eigenvalue weighted by atomic mass is 32.1. The summed E-state index contributed by atoms with van der Waals surface area (Å²) in [5, 5.41) is 12.3. The van der Waals surface area contributed by atoms with Crippen LogP contribution >= 0.6 is 11.3 Å². The first kappa shape index (κ1) is 15.0. The maximum atomic E-state index is 12.5. The third-order valence-corrected chi connectivity index (χ3v) is 4.44. The summed E-state index contributed by atoms with van der Waals surface area (Å²) < 4.78 is 0. The van der Waals surface area contributed by atoms with E-state index < -0.39 is 0 Å². The van der Waals surface area contributed by atoms with Crippen molar-refractivity contribution in [3.05, 3.63) is 17.0 Å². The molecule has 0 spiro atoms. The molecular weight excluding hydrogens is 276 g/mol. The number of carbonyl (C=O) groups is 2. The molecule has 1 aromatic rings. The predicted molar refractivity (Wildman–Crippen MR) is 79.0 cm³/mol. The van der Waals surface area contributed by atoms with Crippen LogP contribution in [-0.2, 0) is 4.79 Å². The minimum atomic E-state index is -0.132. The molecule has 1 atom stereocenters. The summed E-state index contributed by atoms with van der Waals surface area (Å²) in [6.07, 6.45) is 3.61. The van der Waals surface area contributed by atoms with Crippen molar-refractivity contribution in [3.8, 4) is 0 Å². The van der Waals surface area contributed by atoms with Crippen molar-refractivity contribution in [2.75, 3.05) is 18.5 Å². The molecule has 2 N–H and O–H groups in total. The van der Waals surface area contributed by atoms with Gasteiger partial charge in [0.1, 0.15) is 0 Å². The number of nitrogens with one attached hydrogen (secondary N) is 1. The van der Waals surface area contributed by atoms with Gasteiger partial charge in [-0.15, -0.1) is 11.3 Å². The first-order valence-electron chi connectivity index (χ1n) is 6.91. The molecule has 2 amide bonds. The zero-order chi connectivity index (χ0) is 14.5. The molecule has 20 heavy (non-hydrogen) atoms. The fourth-order valence-corrected chi connectivity index (χ4v) is 3.47. The van der Waals surface area contributed by atoms with E-state index in [4.69, 9.17) is 5.11 Å². The van der Waals surface area contributed by atoms with Crippen LogP contribution in [-0.4, -0.2) is 41.0 Å². The molecule has 2 rings (SSSR count). The van der Waals surface area contributed by atoms with E-state index in [1.807, 2.05) is 4.90 Å². The minimum absolute atomic E-state index is 0.0343. The third-order valence-electron chi connectivity index (χ3n) is 3.45. The molecule has 1 aliphatic heterocycles. The number of thiophene rings is 1. The average molecular weight is 296 g/mol. The molecule has 1 aliphatic rings. The predicted octanol–water partition coefficient (Wildman–Crippen LogP) is 2.08. The summed E-state index contributed by atoms with van der Waals surface area (Å²) in [6.45, 7) is 2.40. The Balaban J connectivity index is 2.02. The summed E-state index contributed by atoms with van der Waals surface area (Å²) in [4.78, 5) is 26.0. The van der Waals surface area contributed by atoms with Crippen molar-refractivity contribution in [3.63, 3.8) is 0 Å². The molecule has 1 saturated heterocycles. The van der Waals surface area contributed by atoms with Crippen molar-refractivity contribution >= 4 is 28.2 Å². The second-order valence-corrected chi connectivity index (χ2v) is 6.09. The Morgan fingerprint density at radius 2 is 2.30 bits per heavy atom. The molecular formula is C14H20N2O3S. The van der Waals surface area contributed by atoms with Crippen LogP contribution < -0.4 is 5.32 Å². The first-order valence-corrected chi connectivity index (χ1v) is 7.72. The topological polar surface area (TPSA) is 69.6 Å². The number of hydrogen-bond acceptors (Lipinski definition) is 4. The normalized spacial score (nSPS) is 18.3. The highest BCUT2D eigenvalue weighted by Gasteiger charge is 2.29. The van der Waals surface area contributed by atoms with E-state index in [1.165, 1.54) is 18.3 Å². The number of carbonyl (C=O) groups excluding carboxylic acids is 2. The zero-order valence-corrected chi connectivity index (χ0v) is 12.4. The molecule has 5 nitrogen and oxygen atoms in total. The third kappa shape index (κ3) is 3.58. The monoisotopic (exact) mass is 296 g/mol. The standard InChI is InChI=1S/C14H20N2O3S/c1-10(18)15-13-7-6-12(20-13)14(19)16-8-2-4-11(16)5-3-9-17/h6-7,11,17H,2-5,8-9H2,1H3,(H,15,18). The van der Waals surface area contributed by atoms with Gasteiger partial charge in [0.2, 0.25) is 5.91 Å². The van der Waals surface area contributed by atoms with Crippen molar-refractivity contribution in [2.45, 2.75) is 38.6 Å². The number of likely N-dealkylation sites (tertiary alicyclic amines) is 1. The molecule has 1 fully saturated rings. The SMILES string of the molecule is CC(=O)Nc1ccc(C(=O)N2CCCC2CCCO)s1. The average Bonchev–Trinajstić information content (AvgIpc) is 3.03. The summed E-state index contributed by atoms with van der Waals surface area (Å²) in [5.74, 6) is -0.0973. The summed E-state index contributed by atoms with van der Waals surface area (Å²) in [6, 6.07) is 3.76. The van der Waals surface area contributed by atoms with Crippen LogP contribution in [0.25, 0.3) is 0 Å². The van der Waals surface area contributed by atoms with Crippen LogP contribution in [0.3, 0.4) is 0 Å². The van der Waals surface area contributed by atoms with Gasteiger partial charge < -0.3 is 15.3 Å². The van der Waals surface area contributed by atoms with Crippen LogP contribution in [0.1, 0.15) is 42.3 Å². The van der Waals surface area contributed by atoms with Gasteiger partial charge in [0.15, 0.2) is 0 Å². The van der Waals surface area contributed by atoms with Crippen LogP contribution in [0.5, 0.6) is 0 Å². The van der Waals surface area contributed by atoms with E-state index in [0.717, 1.165) is 32.2 Å². The van der Waals surface area contributed by atoms with Gasteiger partial charge in [0.05, 0.1) is 9.88 Å². The van der Waals surface area contributed by atoms with Gasteiger partial charge >= 0.3 is 0 Å². The Bertz CT molecular complexity index is 487. The molecule has 1 unspecified atom stereocenters. The number of amides is 2. The lowest BCUT2D eigenvalue weighted by molar-refractivity contribution is -0.114. The van der Waals surface area contributed by atoms with Crippen molar-refractivity contribution in [1.82, 2.24) is 4.90 Å². The second-order valence-electron chi connectivity index (χ2n) is 5.01. The quantitative estimate of drug-likeness (QED) is 0.874. The first-order chi connectivity index (χ1) is 9.61. The second kappa shape index (κ2) is 6.85. The Hall–Kier alpha value is -1.40. The van der Waals surface area contributed by atoms with Crippen molar-refractivity contribution < 1.29 is 14.7 Å². The molecule has 0 aliphatic carbocycles. The fourth-order valence-electron chi connectivity index (χ4n) is 2.57. The minimum Gasteiger partial charge on any atom is -0.396 e. The largest absolute Gasteiger partial charge is 0.396 e. The number of anilines is 1. The lowest BCUT2D eigenvalue weighted by Gasteiger charge is -2.24. The van der Waals surface area contributed by atoms with E-state index in [1.54, 1.807) is 12.1 Å². The van der Waals surface area contributed by atoms with Crippen molar-refractivity contribution in [1.29, 1.82) is 0 Å². The lowest BCUT2D eigenvalue weighted by atomic mass is 10.1. The molecule has 6 heteroatoms. The zero-order valence-electron chi connectivity index (χ0n) is 11.6. The van der Waals surface area contributed by atoms with Gasteiger partial charge in [-0.05, 0) is 37.8 Å². The number of rotatable bonds is 5. The number of aliphatic hydroxyl groups is 1. The van der Waals surface area contributed by atoms with Crippen LogP contribution in [0.4, 0.5) is 5.00 Å². The molecule has 0 bridgehead atoms. The van der Waals surface area contributed by atoms with Crippen LogP contribution in [0, 0.1) is 0 Å². The number of hydrogen-bond donors (Lipinski definition) is 2. The van der Waals surface area contributed by atoms with Gasteiger partial charge in [0, 0.05) is 26.1 Å². The Labute approximate surface area is 122 Å². The van der Waals surface area contributed by atoms with Crippen molar-refractivity contribution in [2.24, 2.45) is 0 Å². The fraction of sp³-hybridized carbons (Fsp3) is 0.571. The molecule has 0 radical (unpaired) electrons. The highest BCUT2D eigenvalue weighted by Crippen LogP contribution is 2.28. The highest BCUT2D eigenvalue weighted by molar-refractivity contribution is 7.18. The number of aliphatic hydroxyl groups excluding tert-OH is 1. The molecule has 0 aromatic carbocycles. The summed E-state index contributed by atoms with van der Waals surface area (Å²) in [7, 11) is 0. The molecule has 110 valence electrons. The maximum absolute atomic E-state index is 12.5. The van der Waals surface area contributed by atoms with Gasteiger partial charge in [-0.2, -0.15) is 0 Å². The molecule has 2 heterocycles. The van der Waals surface area contributed by atoms with E-state index in [0.29, 0.717) is 9.88 Å². The lowest BCUT2D eigenvalue weighted by Crippen LogP contribution is -2.35. The Morgan fingerprint density at radius 1 is 1.50 bits per heavy atom. The summed E-state index contributed by atoms with van der Waals surface area (Å²) in [5.41, 5.74) is 0. The van der Waals surface area contributed by atoms with Gasteiger partial charge in [0.25, 0.3) is 5.91 Å². The molecule has 1 aromatic heterocycles. The van der Waals surface area contributed by atoms with Crippen LogP contribution in [0.15, 0.2) is 12.1 Å².